The van der Waals surface area contributed by atoms with E-state index in [-0.39, 0.29) is 29.4 Å². The van der Waals surface area contributed by atoms with Crippen LogP contribution in [-0.4, -0.2) is 54.4 Å². The van der Waals surface area contributed by atoms with Crippen LogP contribution >= 0.6 is 0 Å². The van der Waals surface area contributed by atoms with Crippen LogP contribution in [0.1, 0.15) is 31.2 Å². The quantitative estimate of drug-likeness (QED) is 0.851. The van der Waals surface area contributed by atoms with Gasteiger partial charge in [-0.2, -0.15) is 0 Å². The molecular weight excluding hydrogens is 316 g/mol. The minimum atomic E-state index is -0.298. The van der Waals surface area contributed by atoms with Crippen molar-refractivity contribution in [3.8, 4) is 0 Å². The Balaban J connectivity index is 1.30. The van der Waals surface area contributed by atoms with E-state index in [0.29, 0.717) is 13.1 Å². The number of carbonyl (C=O) groups is 1. The zero-order valence-electron chi connectivity index (χ0n) is 14.7. The van der Waals surface area contributed by atoms with Crippen LogP contribution in [0, 0.1) is 11.3 Å². The van der Waals surface area contributed by atoms with Crippen LogP contribution in [0.5, 0.6) is 0 Å². The lowest BCUT2D eigenvalue weighted by Gasteiger charge is -2.25. The molecule has 4 rings (SSSR count). The van der Waals surface area contributed by atoms with Gasteiger partial charge in [-0.15, -0.1) is 0 Å². The van der Waals surface area contributed by atoms with E-state index in [4.69, 9.17) is 4.74 Å². The highest BCUT2D eigenvalue weighted by molar-refractivity contribution is 5.82. The third-order valence-corrected chi connectivity index (χ3v) is 6.24. The summed E-state index contributed by atoms with van der Waals surface area (Å²) in [6.07, 6.45) is 3.49. The number of nitrogens with zero attached hydrogens (tertiary/aromatic N) is 1. The Morgan fingerprint density at radius 1 is 1.28 bits per heavy atom. The predicted molar refractivity (Wildman–Crippen MR) is 94.9 cm³/mol. The van der Waals surface area contributed by atoms with Crippen molar-refractivity contribution in [2.45, 2.75) is 44.4 Å². The van der Waals surface area contributed by atoms with E-state index in [9.17, 15) is 9.90 Å². The molecule has 2 N–H and O–H groups in total. The number of benzene rings is 1. The van der Waals surface area contributed by atoms with Gasteiger partial charge in [0.2, 0.25) is 5.91 Å². The average molecular weight is 344 g/mol. The Bertz CT molecular complexity index is 600. The summed E-state index contributed by atoms with van der Waals surface area (Å²) in [5, 5.41) is 13.2. The number of rotatable bonds is 5. The number of hydrogen-bond acceptors (Lipinski definition) is 4. The van der Waals surface area contributed by atoms with Gasteiger partial charge in [-0.3, -0.25) is 9.69 Å². The van der Waals surface area contributed by atoms with Crippen molar-refractivity contribution < 1.29 is 14.6 Å². The molecule has 1 aromatic rings. The molecule has 3 aliphatic rings. The molecule has 2 saturated heterocycles. The van der Waals surface area contributed by atoms with Crippen LogP contribution in [0.3, 0.4) is 0 Å². The minimum Gasteiger partial charge on any atom is -0.392 e. The molecule has 1 amide bonds. The number of aliphatic hydroxyl groups excluding tert-OH is 1. The standard InChI is InChI=1S/C20H28N2O3/c23-17-10-16(22(14-17)13-15-4-2-1-3-5-15)12-21-19(24)18-11-20(18)6-8-25-9-7-20/h1-5,16-18,23H,6-14H2,(H,21,24). The van der Waals surface area contributed by atoms with Gasteiger partial charge in [-0.25, -0.2) is 0 Å². The Morgan fingerprint density at radius 3 is 2.80 bits per heavy atom. The molecule has 25 heavy (non-hydrogen) atoms. The molecular formula is C20H28N2O3. The summed E-state index contributed by atoms with van der Waals surface area (Å²) in [4.78, 5) is 14.8. The fourth-order valence-electron chi connectivity index (χ4n) is 4.57. The van der Waals surface area contributed by atoms with Gasteiger partial charge < -0.3 is 15.2 Å². The summed E-state index contributed by atoms with van der Waals surface area (Å²) < 4.78 is 5.43. The summed E-state index contributed by atoms with van der Waals surface area (Å²) in [5.41, 5.74) is 1.47. The number of hydrogen-bond donors (Lipinski definition) is 2. The summed E-state index contributed by atoms with van der Waals surface area (Å²) in [5.74, 6) is 0.369. The second kappa shape index (κ2) is 7.06. The maximum atomic E-state index is 12.5. The van der Waals surface area contributed by atoms with E-state index in [2.05, 4.69) is 22.3 Å². The zero-order chi connectivity index (χ0) is 17.3. The van der Waals surface area contributed by atoms with Crippen LogP contribution in [0.2, 0.25) is 0 Å². The molecule has 5 heteroatoms. The highest BCUT2D eigenvalue weighted by Crippen LogP contribution is 2.59. The van der Waals surface area contributed by atoms with Crippen molar-refractivity contribution in [2.24, 2.45) is 11.3 Å². The van der Waals surface area contributed by atoms with Crippen molar-refractivity contribution in [2.75, 3.05) is 26.3 Å². The van der Waals surface area contributed by atoms with Crippen LogP contribution in [0.4, 0.5) is 0 Å². The Morgan fingerprint density at radius 2 is 2.04 bits per heavy atom. The number of amides is 1. The molecule has 3 unspecified atom stereocenters. The summed E-state index contributed by atoms with van der Waals surface area (Å²) >= 11 is 0. The van der Waals surface area contributed by atoms with E-state index in [1.165, 1.54) is 5.56 Å². The first-order valence-corrected chi connectivity index (χ1v) is 9.48. The molecule has 3 atom stereocenters. The fraction of sp³-hybridized carbons (Fsp3) is 0.650. The maximum absolute atomic E-state index is 12.5. The van der Waals surface area contributed by atoms with Crippen molar-refractivity contribution in [3.63, 3.8) is 0 Å². The molecule has 0 bridgehead atoms. The average Bonchev–Trinajstić information content (AvgIpc) is 3.20. The largest absolute Gasteiger partial charge is 0.392 e. The molecule has 1 aliphatic carbocycles. The molecule has 1 saturated carbocycles. The molecule has 2 heterocycles. The lowest BCUT2D eigenvalue weighted by Crippen LogP contribution is -2.41. The van der Waals surface area contributed by atoms with Crippen molar-refractivity contribution in [1.82, 2.24) is 10.2 Å². The van der Waals surface area contributed by atoms with Gasteiger partial charge in [0, 0.05) is 44.8 Å². The second-order valence-corrected chi connectivity index (χ2v) is 7.93. The zero-order valence-corrected chi connectivity index (χ0v) is 14.7. The third kappa shape index (κ3) is 3.73. The molecule has 0 radical (unpaired) electrons. The molecule has 3 fully saturated rings. The topological polar surface area (TPSA) is 61.8 Å². The highest BCUT2D eigenvalue weighted by atomic mass is 16.5. The van der Waals surface area contributed by atoms with Crippen molar-refractivity contribution >= 4 is 5.91 Å². The first-order valence-electron chi connectivity index (χ1n) is 9.48. The number of carbonyl (C=O) groups excluding carboxylic acids is 1. The SMILES string of the molecule is O=C(NCC1CC(O)CN1Cc1ccccc1)C1CC12CCOCC2. The highest BCUT2D eigenvalue weighted by Gasteiger charge is 2.57. The van der Waals surface area contributed by atoms with E-state index in [0.717, 1.165) is 45.4 Å². The molecule has 1 aromatic carbocycles. The second-order valence-electron chi connectivity index (χ2n) is 7.93. The Hall–Kier alpha value is -1.43. The monoisotopic (exact) mass is 344 g/mol. The van der Waals surface area contributed by atoms with E-state index in [1.807, 2.05) is 18.2 Å². The van der Waals surface area contributed by atoms with Gasteiger partial charge in [0.15, 0.2) is 0 Å². The van der Waals surface area contributed by atoms with Crippen LogP contribution < -0.4 is 5.32 Å². The van der Waals surface area contributed by atoms with E-state index in [1.54, 1.807) is 0 Å². The van der Waals surface area contributed by atoms with Crippen molar-refractivity contribution in [1.29, 1.82) is 0 Å². The van der Waals surface area contributed by atoms with Gasteiger partial charge in [0.05, 0.1) is 6.10 Å². The summed E-state index contributed by atoms with van der Waals surface area (Å²) in [7, 11) is 0. The van der Waals surface area contributed by atoms with Crippen LogP contribution in [0.15, 0.2) is 30.3 Å². The third-order valence-electron chi connectivity index (χ3n) is 6.24. The van der Waals surface area contributed by atoms with Gasteiger partial charge in [0.25, 0.3) is 0 Å². The van der Waals surface area contributed by atoms with Crippen LogP contribution in [-0.2, 0) is 16.1 Å². The van der Waals surface area contributed by atoms with Gasteiger partial charge >= 0.3 is 0 Å². The summed E-state index contributed by atoms with van der Waals surface area (Å²) in [6.45, 7) is 3.72. The van der Waals surface area contributed by atoms with Crippen LogP contribution in [0.25, 0.3) is 0 Å². The minimum absolute atomic E-state index is 0.172. The summed E-state index contributed by atoms with van der Waals surface area (Å²) in [6, 6.07) is 10.5. The molecule has 0 aromatic heterocycles. The molecule has 2 aliphatic heterocycles. The van der Waals surface area contributed by atoms with Crippen molar-refractivity contribution in [3.05, 3.63) is 35.9 Å². The lowest BCUT2D eigenvalue weighted by molar-refractivity contribution is -0.123. The predicted octanol–water partition coefficient (Wildman–Crippen LogP) is 1.55. The number of nitrogens with one attached hydrogen (secondary N) is 1. The Labute approximate surface area is 149 Å². The lowest BCUT2D eigenvalue weighted by atomic mass is 9.93. The van der Waals surface area contributed by atoms with E-state index < -0.39 is 0 Å². The van der Waals surface area contributed by atoms with E-state index >= 15 is 0 Å². The smallest absolute Gasteiger partial charge is 0.223 e. The number of likely N-dealkylation sites (tertiary alicyclic amines) is 1. The fourth-order valence-corrected chi connectivity index (χ4v) is 4.57. The van der Waals surface area contributed by atoms with Gasteiger partial charge in [-0.1, -0.05) is 30.3 Å². The number of β-amino-alcohol motifs (C(OH)–C–C–N with tert-alkyl or cyclic N) is 1. The first kappa shape index (κ1) is 17.0. The maximum Gasteiger partial charge on any atom is 0.223 e. The van der Waals surface area contributed by atoms with Gasteiger partial charge in [0.1, 0.15) is 0 Å². The first-order chi connectivity index (χ1) is 12.2. The molecule has 1 spiro atoms. The number of ether oxygens (including phenoxy) is 1. The Kier molecular flexibility index (Phi) is 4.80. The molecule has 136 valence electrons. The van der Waals surface area contributed by atoms with Gasteiger partial charge in [-0.05, 0) is 36.7 Å². The number of aliphatic hydroxyl groups is 1. The normalized spacial score (nSPS) is 31.2. The molecule has 5 nitrogen and oxygen atoms in total.